The molecule has 0 spiro atoms. The molecule has 2 aromatic carbocycles. The summed E-state index contributed by atoms with van der Waals surface area (Å²) in [7, 11) is 0. The highest BCUT2D eigenvalue weighted by Gasteiger charge is 2.28. The van der Waals surface area contributed by atoms with Crippen molar-refractivity contribution in [1.29, 1.82) is 0 Å². The summed E-state index contributed by atoms with van der Waals surface area (Å²) in [6.45, 7) is 5.03. The molecule has 2 aromatic rings. The minimum atomic E-state index is -1.74. The number of aliphatic hydroxyl groups is 4. The lowest BCUT2D eigenvalue weighted by atomic mass is 10.0. The van der Waals surface area contributed by atoms with Crippen molar-refractivity contribution in [3.05, 3.63) is 59.7 Å². The lowest BCUT2D eigenvalue weighted by Crippen LogP contribution is -2.45. The summed E-state index contributed by atoms with van der Waals surface area (Å²) in [6.07, 6.45) is -3.96. The van der Waals surface area contributed by atoms with Crippen molar-refractivity contribution in [2.45, 2.75) is 45.2 Å². The minimum absolute atomic E-state index is 0.129. The Kier molecular flexibility index (Phi) is 14.8. The van der Waals surface area contributed by atoms with Crippen molar-refractivity contribution in [1.82, 2.24) is 21.5 Å². The third-order valence-corrected chi connectivity index (χ3v) is 5.70. The number of ether oxygens (including phenoxy) is 2. The van der Waals surface area contributed by atoms with Crippen molar-refractivity contribution >= 4 is 46.6 Å². The molecular weight excluding hydrogens is 556 g/mol. The van der Waals surface area contributed by atoms with Crippen LogP contribution in [-0.2, 0) is 13.1 Å². The van der Waals surface area contributed by atoms with Crippen LogP contribution in [0.4, 0.5) is 0 Å². The second kappa shape index (κ2) is 18.0. The molecule has 8 N–H and O–H groups in total. The van der Waals surface area contributed by atoms with Gasteiger partial charge < -0.3 is 40.5 Å². The largest absolute Gasteiger partial charge is 0.494 e. The molecule has 0 amide bonds. The van der Waals surface area contributed by atoms with E-state index in [0.29, 0.717) is 26.3 Å². The Hall–Kier alpha value is -3.40. The van der Waals surface area contributed by atoms with E-state index in [4.69, 9.17) is 39.0 Å². The zero-order valence-corrected chi connectivity index (χ0v) is 23.9. The Morgan fingerprint density at radius 3 is 1.75 bits per heavy atom. The Morgan fingerprint density at radius 1 is 0.825 bits per heavy atom. The van der Waals surface area contributed by atoms with Crippen LogP contribution in [0.5, 0.6) is 11.5 Å². The van der Waals surface area contributed by atoms with E-state index >= 15 is 0 Å². The highest BCUT2D eigenvalue weighted by atomic mass is 32.1. The van der Waals surface area contributed by atoms with E-state index in [-0.39, 0.29) is 15.9 Å². The Bertz CT molecular complexity index is 1120. The average Bonchev–Trinajstić information content (AvgIpc) is 2.97. The predicted octanol–water partition coefficient (Wildman–Crippen LogP) is 0.529. The fourth-order valence-electron chi connectivity index (χ4n) is 3.12. The first-order valence-electron chi connectivity index (χ1n) is 12.5. The Balaban J connectivity index is 1.95. The van der Waals surface area contributed by atoms with E-state index in [1.807, 2.05) is 62.4 Å². The van der Waals surface area contributed by atoms with Gasteiger partial charge >= 0.3 is 0 Å². The van der Waals surface area contributed by atoms with Crippen LogP contribution in [0.2, 0.25) is 0 Å². The fourth-order valence-corrected chi connectivity index (χ4v) is 3.36. The second-order valence-corrected chi connectivity index (χ2v) is 9.04. The number of nitrogens with one attached hydrogen (secondary N) is 4. The molecule has 0 aliphatic heterocycles. The Labute approximate surface area is 244 Å². The lowest BCUT2D eigenvalue weighted by Gasteiger charge is -2.21. The van der Waals surface area contributed by atoms with E-state index in [1.165, 1.54) is 0 Å². The van der Waals surface area contributed by atoms with Crippen LogP contribution in [-0.4, -0.2) is 80.7 Å². The van der Waals surface area contributed by atoms with Gasteiger partial charge in [0.05, 0.1) is 26.0 Å². The monoisotopic (exact) mass is 592 g/mol. The SMILES string of the molecule is CCOc1ccc(CNC(=S)NN=C(/C=N\NC(=S)NCc2ccc(OCC)cc2)[C@@H](O)[C@H](O)[C@H](O)CO)cc1. The first-order valence-corrected chi connectivity index (χ1v) is 13.4. The molecule has 0 bridgehead atoms. The normalized spacial score (nSPS) is 13.7. The standard InChI is InChI=1S/C26H36N6O6S2/c1-3-37-19-9-5-17(6-10-19)13-27-25(39)31-29-15-21(23(35)24(36)22(34)16-33)30-32-26(40)28-14-18-7-11-20(12-8-18)38-4-2/h5-12,15,22-24,33-36H,3-4,13-14,16H2,1-2H3,(H2,27,31,39)(H2,28,32,40)/b29-15-,30-21?/t22-,23-,24-/m1/s1. The van der Waals surface area contributed by atoms with E-state index in [1.54, 1.807) is 0 Å². The van der Waals surface area contributed by atoms with Crippen LogP contribution in [0.25, 0.3) is 0 Å². The maximum atomic E-state index is 10.5. The molecule has 3 atom stereocenters. The van der Waals surface area contributed by atoms with Gasteiger partial charge in [-0.25, -0.2) is 0 Å². The fraction of sp³-hybridized carbons (Fsp3) is 0.385. The summed E-state index contributed by atoms with van der Waals surface area (Å²) in [5.41, 5.74) is 6.88. The van der Waals surface area contributed by atoms with Crippen molar-refractivity contribution < 1.29 is 29.9 Å². The van der Waals surface area contributed by atoms with Gasteiger partial charge in [-0.15, -0.1) is 0 Å². The maximum Gasteiger partial charge on any atom is 0.187 e. The summed E-state index contributed by atoms with van der Waals surface area (Å²) in [5.74, 6) is 1.53. The first-order chi connectivity index (χ1) is 19.3. The topological polar surface area (TPSA) is 172 Å². The number of benzene rings is 2. The number of aliphatic hydroxyl groups excluding tert-OH is 4. The molecule has 14 heteroatoms. The van der Waals surface area contributed by atoms with Crippen molar-refractivity contribution in [3.8, 4) is 11.5 Å². The highest BCUT2D eigenvalue weighted by molar-refractivity contribution is 7.80. The van der Waals surface area contributed by atoms with Crippen molar-refractivity contribution in [2.24, 2.45) is 10.2 Å². The van der Waals surface area contributed by atoms with Crippen LogP contribution in [0.3, 0.4) is 0 Å². The van der Waals surface area contributed by atoms with Crippen LogP contribution in [0, 0.1) is 0 Å². The van der Waals surface area contributed by atoms with Crippen LogP contribution in [0.15, 0.2) is 58.7 Å². The van der Waals surface area contributed by atoms with Gasteiger partial charge in [-0.2, -0.15) is 10.2 Å². The molecular formula is C26H36N6O6S2. The molecule has 0 saturated carbocycles. The van der Waals surface area contributed by atoms with Crippen LogP contribution < -0.4 is 31.0 Å². The number of hydrazone groups is 2. The molecule has 0 aromatic heterocycles. The maximum absolute atomic E-state index is 10.5. The summed E-state index contributed by atoms with van der Waals surface area (Å²) in [5, 5.41) is 53.7. The van der Waals surface area contributed by atoms with E-state index in [2.05, 4.69) is 31.7 Å². The van der Waals surface area contributed by atoms with Gasteiger partial charge in [0, 0.05) is 13.1 Å². The predicted molar refractivity (Wildman–Crippen MR) is 161 cm³/mol. The van der Waals surface area contributed by atoms with E-state index in [9.17, 15) is 15.3 Å². The molecule has 40 heavy (non-hydrogen) atoms. The number of hydrogen-bond acceptors (Lipinski definition) is 10. The van der Waals surface area contributed by atoms with Gasteiger partial charge in [-0.3, -0.25) is 10.9 Å². The van der Waals surface area contributed by atoms with E-state index in [0.717, 1.165) is 28.8 Å². The van der Waals surface area contributed by atoms with E-state index < -0.39 is 24.9 Å². The minimum Gasteiger partial charge on any atom is -0.494 e. The molecule has 12 nitrogen and oxygen atoms in total. The quantitative estimate of drug-likeness (QED) is 0.0821. The van der Waals surface area contributed by atoms with Gasteiger partial charge in [0.1, 0.15) is 35.5 Å². The molecule has 0 unspecified atom stereocenters. The van der Waals surface area contributed by atoms with Crippen molar-refractivity contribution in [3.63, 3.8) is 0 Å². The summed E-state index contributed by atoms with van der Waals surface area (Å²) < 4.78 is 10.8. The van der Waals surface area contributed by atoms with Gasteiger partial charge in [0.25, 0.3) is 0 Å². The zero-order valence-electron chi connectivity index (χ0n) is 22.3. The highest BCUT2D eigenvalue weighted by Crippen LogP contribution is 2.12. The number of nitrogens with zero attached hydrogens (tertiary/aromatic N) is 2. The van der Waals surface area contributed by atoms with Gasteiger partial charge in [-0.1, -0.05) is 24.3 Å². The Morgan fingerprint density at radius 2 is 1.30 bits per heavy atom. The molecule has 0 saturated heterocycles. The molecule has 218 valence electrons. The molecule has 0 aliphatic rings. The summed E-state index contributed by atoms with van der Waals surface area (Å²) in [4.78, 5) is 0. The van der Waals surface area contributed by atoms with Crippen LogP contribution >= 0.6 is 24.4 Å². The number of hydrogen-bond donors (Lipinski definition) is 8. The molecule has 0 heterocycles. The molecule has 0 aliphatic carbocycles. The van der Waals surface area contributed by atoms with Gasteiger partial charge in [-0.05, 0) is 73.7 Å². The number of rotatable bonds is 15. The second-order valence-electron chi connectivity index (χ2n) is 8.22. The third-order valence-electron chi connectivity index (χ3n) is 5.23. The zero-order chi connectivity index (χ0) is 29.3. The molecule has 0 radical (unpaired) electrons. The van der Waals surface area contributed by atoms with Crippen LogP contribution in [0.1, 0.15) is 25.0 Å². The molecule has 2 rings (SSSR count). The smallest absolute Gasteiger partial charge is 0.187 e. The first kappa shape index (κ1) is 32.8. The number of thiocarbonyl (C=S) groups is 2. The lowest BCUT2D eigenvalue weighted by molar-refractivity contribution is -0.0549. The van der Waals surface area contributed by atoms with Gasteiger partial charge in [0.15, 0.2) is 10.2 Å². The summed E-state index contributed by atoms with van der Waals surface area (Å²) in [6, 6.07) is 15.0. The average molecular weight is 593 g/mol. The summed E-state index contributed by atoms with van der Waals surface area (Å²) >= 11 is 10.5. The van der Waals surface area contributed by atoms with Gasteiger partial charge in [0.2, 0.25) is 0 Å². The van der Waals surface area contributed by atoms with Crippen molar-refractivity contribution in [2.75, 3.05) is 19.8 Å². The molecule has 0 fully saturated rings. The third kappa shape index (κ3) is 11.8.